The van der Waals surface area contributed by atoms with E-state index in [4.69, 9.17) is 4.74 Å². The fourth-order valence-electron chi connectivity index (χ4n) is 2.57. The van der Waals surface area contributed by atoms with Gasteiger partial charge in [0.25, 0.3) is 0 Å². The van der Waals surface area contributed by atoms with Crippen molar-refractivity contribution in [2.45, 2.75) is 32.4 Å². The fraction of sp³-hybridized carbons (Fsp3) is 0.562. The molecular formula is C16H25N3O2. The van der Waals surface area contributed by atoms with Gasteiger partial charge in [-0.1, -0.05) is 13.0 Å². The molecule has 0 saturated carbocycles. The highest BCUT2D eigenvalue weighted by molar-refractivity contribution is 6.03. The van der Waals surface area contributed by atoms with Crippen molar-refractivity contribution in [1.82, 2.24) is 5.32 Å². The molecule has 21 heavy (non-hydrogen) atoms. The Morgan fingerprint density at radius 2 is 2.24 bits per heavy atom. The lowest BCUT2D eigenvalue weighted by Crippen LogP contribution is -2.32. The second-order valence-electron chi connectivity index (χ2n) is 5.56. The molecule has 0 fully saturated rings. The second kappa shape index (κ2) is 6.91. The van der Waals surface area contributed by atoms with E-state index in [0.29, 0.717) is 6.61 Å². The maximum Gasteiger partial charge on any atom is 0.246 e. The topological polar surface area (TPSA) is 53.6 Å². The molecular weight excluding hydrogens is 266 g/mol. The number of nitrogens with zero attached hydrogens (tertiary/aromatic N) is 1. The summed E-state index contributed by atoms with van der Waals surface area (Å²) in [4.78, 5) is 14.2. The third-order valence-electron chi connectivity index (χ3n) is 3.94. The van der Waals surface area contributed by atoms with Gasteiger partial charge in [0, 0.05) is 37.1 Å². The first kappa shape index (κ1) is 15.8. The van der Waals surface area contributed by atoms with Gasteiger partial charge in [0.2, 0.25) is 5.91 Å². The molecule has 0 aliphatic carbocycles. The number of anilines is 2. The van der Waals surface area contributed by atoms with Crippen molar-refractivity contribution in [1.29, 1.82) is 0 Å². The standard InChI is InChI=1S/C16H25N3O2/c1-5-8-17-15-13-7-6-12(9-14(13)18-16(15)20)19(3)11(2)10-21-4/h6-7,9,11,15,17H,5,8,10H2,1-4H3,(H,18,20). The minimum absolute atomic E-state index is 0.0307. The molecule has 1 aromatic carbocycles. The van der Waals surface area contributed by atoms with Crippen LogP contribution in [0.15, 0.2) is 18.2 Å². The molecule has 1 amide bonds. The predicted molar refractivity (Wildman–Crippen MR) is 85.8 cm³/mol. The van der Waals surface area contributed by atoms with Crippen LogP contribution >= 0.6 is 0 Å². The van der Waals surface area contributed by atoms with E-state index in [1.807, 2.05) is 19.2 Å². The predicted octanol–water partition coefficient (Wildman–Crippen LogP) is 2.15. The Balaban J connectivity index is 2.17. The van der Waals surface area contributed by atoms with Gasteiger partial charge in [-0.3, -0.25) is 4.79 Å². The van der Waals surface area contributed by atoms with Gasteiger partial charge in [-0.2, -0.15) is 0 Å². The Morgan fingerprint density at radius 3 is 2.90 bits per heavy atom. The quantitative estimate of drug-likeness (QED) is 0.808. The van der Waals surface area contributed by atoms with Crippen molar-refractivity contribution in [2.75, 3.05) is 37.5 Å². The number of amides is 1. The van der Waals surface area contributed by atoms with Crippen LogP contribution in [0.25, 0.3) is 0 Å². The van der Waals surface area contributed by atoms with Gasteiger partial charge in [-0.25, -0.2) is 0 Å². The Hall–Kier alpha value is -1.59. The lowest BCUT2D eigenvalue weighted by Gasteiger charge is -2.27. The molecule has 1 aliphatic heterocycles. The van der Waals surface area contributed by atoms with Gasteiger partial charge in [0.05, 0.1) is 6.61 Å². The Morgan fingerprint density at radius 1 is 1.48 bits per heavy atom. The van der Waals surface area contributed by atoms with E-state index < -0.39 is 0 Å². The number of ether oxygens (including phenoxy) is 1. The monoisotopic (exact) mass is 291 g/mol. The van der Waals surface area contributed by atoms with Crippen LogP contribution in [0, 0.1) is 0 Å². The molecule has 0 saturated heterocycles. The maximum absolute atomic E-state index is 12.0. The summed E-state index contributed by atoms with van der Waals surface area (Å²) < 4.78 is 5.20. The number of likely N-dealkylation sites (N-methyl/N-ethyl adjacent to an activating group) is 1. The first-order valence-electron chi connectivity index (χ1n) is 7.48. The first-order chi connectivity index (χ1) is 10.1. The maximum atomic E-state index is 12.0. The summed E-state index contributed by atoms with van der Waals surface area (Å²) in [5.41, 5.74) is 3.02. The largest absolute Gasteiger partial charge is 0.383 e. The summed E-state index contributed by atoms with van der Waals surface area (Å²) in [5.74, 6) is 0.0307. The number of benzene rings is 1. The number of methoxy groups -OCH3 is 1. The van der Waals surface area contributed by atoms with Crippen molar-refractivity contribution in [3.05, 3.63) is 23.8 Å². The number of hydrogen-bond acceptors (Lipinski definition) is 4. The second-order valence-corrected chi connectivity index (χ2v) is 5.56. The summed E-state index contributed by atoms with van der Waals surface area (Å²) in [6.45, 7) is 5.71. The van der Waals surface area contributed by atoms with E-state index in [-0.39, 0.29) is 18.0 Å². The average Bonchev–Trinajstić information content (AvgIpc) is 2.79. The van der Waals surface area contributed by atoms with Gasteiger partial charge in [0.15, 0.2) is 0 Å². The van der Waals surface area contributed by atoms with Gasteiger partial charge in [-0.15, -0.1) is 0 Å². The van der Waals surface area contributed by atoms with E-state index in [2.05, 4.69) is 35.4 Å². The van der Waals surface area contributed by atoms with Crippen molar-refractivity contribution >= 4 is 17.3 Å². The molecule has 0 aromatic heterocycles. The van der Waals surface area contributed by atoms with E-state index in [1.165, 1.54) is 0 Å². The molecule has 5 heteroatoms. The van der Waals surface area contributed by atoms with Crippen LogP contribution in [0.4, 0.5) is 11.4 Å². The van der Waals surface area contributed by atoms with E-state index >= 15 is 0 Å². The molecule has 116 valence electrons. The summed E-state index contributed by atoms with van der Waals surface area (Å²) >= 11 is 0. The van der Waals surface area contributed by atoms with Gasteiger partial charge in [0.1, 0.15) is 6.04 Å². The number of hydrogen-bond donors (Lipinski definition) is 2. The molecule has 2 atom stereocenters. The highest BCUT2D eigenvalue weighted by atomic mass is 16.5. The smallest absolute Gasteiger partial charge is 0.246 e. The molecule has 1 aromatic rings. The summed E-state index contributed by atoms with van der Waals surface area (Å²) in [6, 6.07) is 6.18. The zero-order valence-corrected chi connectivity index (χ0v) is 13.3. The molecule has 1 aliphatic rings. The average molecular weight is 291 g/mol. The van der Waals surface area contributed by atoms with Gasteiger partial charge >= 0.3 is 0 Å². The van der Waals surface area contributed by atoms with Crippen LogP contribution in [0.3, 0.4) is 0 Å². The lowest BCUT2D eigenvalue weighted by atomic mass is 10.1. The molecule has 0 spiro atoms. The summed E-state index contributed by atoms with van der Waals surface area (Å²) in [7, 11) is 3.74. The molecule has 0 radical (unpaired) electrons. The molecule has 2 N–H and O–H groups in total. The van der Waals surface area contributed by atoms with Crippen LogP contribution in [0.1, 0.15) is 31.9 Å². The van der Waals surface area contributed by atoms with Crippen LogP contribution in [0.5, 0.6) is 0 Å². The minimum Gasteiger partial charge on any atom is -0.383 e. The molecule has 2 unspecified atom stereocenters. The zero-order valence-electron chi connectivity index (χ0n) is 13.3. The van der Waals surface area contributed by atoms with Crippen molar-refractivity contribution in [3.63, 3.8) is 0 Å². The zero-order chi connectivity index (χ0) is 15.4. The van der Waals surface area contributed by atoms with E-state index in [0.717, 1.165) is 29.9 Å². The molecule has 1 heterocycles. The molecule has 0 bridgehead atoms. The third kappa shape index (κ3) is 3.36. The van der Waals surface area contributed by atoms with Crippen molar-refractivity contribution in [2.24, 2.45) is 0 Å². The first-order valence-corrected chi connectivity index (χ1v) is 7.48. The van der Waals surface area contributed by atoms with E-state index in [1.54, 1.807) is 7.11 Å². The van der Waals surface area contributed by atoms with Crippen LogP contribution in [-0.4, -0.2) is 39.3 Å². The normalized spacial score (nSPS) is 18.3. The van der Waals surface area contributed by atoms with Crippen molar-refractivity contribution < 1.29 is 9.53 Å². The number of fused-ring (bicyclic) bond motifs is 1. The highest BCUT2D eigenvalue weighted by Gasteiger charge is 2.30. The van der Waals surface area contributed by atoms with Gasteiger partial charge < -0.3 is 20.3 Å². The van der Waals surface area contributed by atoms with Gasteiger partial charge in [-0.05, 0) is 32.0 Å². The van der Waals surface area contributed by atoms with Crippen LogP contribution in [-0.2, 0) is 9.53 Å². The fourth-order valence-corrected chi connectivity index (χ4v) is 2.57. The highest BCUT2D eigenvalue weighted by Crippen LogP contribution is 2.34. The Labute approximate surface area is 126 Å². The van der Waals surface area contributed by atoms with Crippen LogP contribution < -0.4 is 15.5 Å². The van der Waals surface area contributed by atoms with Crippen molar-refractivity contribution in [3.8, 4) is 0 Å². The Bertz CT molecular complexity index is 504. The number of carbonyl (C=O) groups is 1. The molecule has 2 rings (SSSR count). The Kier molecular flexibility index (Phi) is 5.20. The number of carbonyl (C=O) groups excluding carboxylic acids is 1. The third-order valence-corrected chi connectivity index (χ3v) is 3.94. The van der Waals surface area contributed by atoms with E-state index in [9.17, 15) is 4.79 Å². The van der Waals surface area contributed by atoms with Crippen LogP contribution in [0.2, 0.25) is 0 Å². The minimum atomic E-state index is -0.226. The summed E-state index contributed by atoms with van der Waals surface area (Å²) in [5, 5.41) is 6.25. The summed E-state index contributed by atoms with van der Waals surface area (Å²) in [6.07, 6.45) is 1.01. The lowest BCUT2D eigenvalue weighted by molar-refractivity contribution is -0.117. The number of rotatable bonds is 7. The number of nitrogens with one attached hydrogen (secondary N) is 2. The SMILES string of the molecule is CCCNC1C(=O)Nc2cc(N(C)C(C)COC)ccc21. The molecule has 5 nitrogen and oxygen atoms in total.